The van der Waals surface area contributed by atoms with Gasteiger partial charge in [-0.25, -0.2) is 4.39 Å². The van der Waals surface area contributed by atoms with Crippen molar-refractivity contribution in [3.63, 3.8) is 0 Å². The van der Waals surface area contributed by atoms with Gasteiger partial charge in [-0.15, -0.1) is 0 Å². The summed E-state index contributed by atoms with van der Waals surface area (Å²) < 4.78 is 13.2. The summed E-state index contributed by atoms with van der Waals surface area (Å²) >= 11 is 0. The number of nitrogens with two attached hydrogens (primary N) is 1. The van der Waals surface area contributed by atoms with Crippen LogP contribution in [0.1, 0.15) is 27.6 Å². The van der Waals surface area contributed by atoms with Gasteiger partial charge in [-0.2, -0.15) is 5.10 Å². The first-order valence-electron chi connectivity index (χ1n) is 12.8. The van der Waals surface area contributed by atoms with Crippen molar-refractivity contribution in [1.29, 1.82) is 0 Å². The molecule has 0 unspecified atom stereocenters. The quantitative estimate of drug-likeness (QED) is 0.264. The van der Waals surface area contributed by atoms with E-state index in [1.165, 1.54) is 12.1 Å². The van der Waals surface area contributed by atoms with E-state index in [2.05, 4.69) is 37.6 Å². The minimum atomic E-state index is -0.473. The molecule has 2 heterocycles. The molecule has 1 aliphatic rings. The largest absolute Gasteiger partial charge is 0.397 e. The van der Waals surface area contributed by atoms with Crippen molar-refractivity contribution in [2.24, 2.45) is 0 Å². The second-order valence-corrected chi connectivity index (χ2v) is 9.35. The van der Waals surface area contributed by atoms with Crippen LogP contribution in [0.2, 0.25) is 0 Å². The van der Waals surface area contributed by atoms with E-state index in [1.807, 2.05) is 24.3 Å². The number of anilines is 4. The number of halogens is 1. The molecule has 2 amide bonds. The summed E-state index contributed by atoms with van der Waals surface area (Å²) in [6.45, 7) is 7.29. The fourth-order valence-electron chi connectivity index (χ4n) is 4.51. The molecule has 10 heteroatoms. The number of benzene rings is 3. The molecule has 0 bridgehead atoms. The lowest BCUT2D eigenvalue weighted by atomic mass is 10.1. The monoisotopic (exact) mass is 527 g/mol. The fraction of sp³-hybridized carbons (Fsp3) is 0.207. The summed E-state index contributed by atoms with van der Waals surface area (Å²) in [6, 6.07) is 20.0. The van der Waals surface area contributed by atoms with E-state index in [9.17, 15) is 14.0 Å². The third kappa shape index (κ3) is 6.07. The molecule has 1 aromatic heterocycles. The van der Waals surface area contributed by atoms with Gasteiger partial charge in [-0.3, -0.25) is 14.7 Å². The number of nitrogens with one attached hydrogen (secondary N) is 3. The molecule has 0 spiro atoms. The lowest BCUT2D eigenvalue weighted by molar-refractivity contribution is 0.101. The molecule has 200 valence electrons. The third-order valence-electron chi connectivity index (χ3n) is 6.85. The van der Waals surface area contributed by atoms with Crippen LogP contribution in [0.5, 0.6) is 0 Å². The predicted octanol–water partition coefficient (Wildman–Crippen LogP) is 4.44. The molecular weight excluding hydrogens is 497 g/mol. The second-order valence-electron chi connectivity index (χ2n) is 9.35. The highest BCUT2D eigenvalue weighted by molar-refractivity contribution is 6.06. The van der Waals surface area contributed by atoms with E-state index in [-0.39, 0.29) is 17.5 Å². The van der Waals surface area contributed by atoms with Gasteiger partial charge in [0.25, 0.3) is 11.8 Å². The van der Waals surface area contributed by atoms with E-state index in [1.54, 1.807) is 30.3 Å². The predicted molar refractivity (Wildman–Crippen MR) is 152 cm³/mol. The minimum absolute atomic E-state index is 0.147. The van der Waals surface area contributed by atoms with Crippen LogP contribution in [0.3, 0.4) is 0 Å². The molecule has 1 saturated heterocycles. The molecule has 0 saturated carbocycles. The smallest absolute Gasteiger partial charge is 0.256 e. The van der Waals surface area contributed by atoms with Gasteiger partial charge in [0, 0.05) is 49.1 Å². The van der Waals surface area contributed by atoms with Gasteiger partial charge in [0.05, 0.1) is 17.1 Å². The number of aromatic nitrogens is 2. The second kappa shape index (κ2) is 11.4. The molecule has 5 rings (SSSR count). The standard InChI is InChI=1S/C29H30FN7O2/c1-2-36-13-15-37(16-14-36)23-10-7-21(8-11-23)29(39)33-27-18-26(34-35-27)19-3-5-20(6-4-19)28(38)32-25-12-9-22(30)17-24(25)31/h3-12,17-18H,2,13-16,31H2,1H3,(H,32,38)(H2,33,34,35,39). The number of H-pyrrole nitrogens is 1. The molecule has 0 aliphatic carbocycles. The van der Waals surface area contributed by atoms with E-state index in [4.69, 9.17) is 5.73 Å². The molecule has 4 aromatic rings. The topological polar surface area (TPSA) is 119 Å². The maximum Gasteiger partial charge on any atom is 0.256 e. The molecule has 0 radical (unpaired) electrons. The van der Waals surface area contributed by atoms with E-state index >= 15 is 0 Å². The summed E-state index contributed by atoms with van der Waals surface area (Å²) in [5.74, 6) is -0.697. The summed E-state index contributed by atoms with van der Waals surface area (Å²) in [4.78, 5) is 30.1. The summed E-state index contributed by atoms with van der Waals surface area (Å²) in [5.41, 5.74) is 9.79. The van der Waals surface area contributed by atoms with Crippen LogP contribution >= 0.6 is 0 Å². The first-order valence-corrected chi connectivity index (χ1v) is 12.8. The van der Waals surface area contributed by atoms with Gasteiger partial charge in [0.15, 0.2) is 5.82 Å². The van der Waals surface area contributed by atoms with Crippen LogP contribution in [0, 0.1) is 5.82 Å². The third-order valence-corrected chi connectivity index (χ3v) is 6.85. The highest BCUT2D eigenvalue weighted by atomic mass is 19.1. The number of aromatic amines is 1. The van der Waals surface area contributed by atoms with Crippen LogP contribution < -0.4 is 21.3 Å². The molecule has 9 nitrogen and oxygen atoms in total. The van der Waals surface area contributed by atoms with Crippen LogP contribution in [-0.2, 0) is 0 Å². The Morgan fingerprint density at radius 1 is 0.897 bits per heavy atom. The van der Waals surface area contributed by atoms with Crippen molar-refractivity contribution in [3.8, 4) is 11.3 Å². The Morgan fingerprint density at radius 3 is 2.18 bits per heavy atom. The Morgan fingerprint density at radius 2 is 1.54 bits per heavy atom. The van der Waals surface area contributed by atoms with Gasteiger partial charge >= 0.3 is 0 Å². The number of likely N-dealkylation sites (N-methyl/N-ethyl adjacent to an activating group) is 1. The van der Waals surface area contributed by atoms with Crippen molar-refractivity contribution >= 4 is 34.7 Å². The number of piperazine rings is 1. The Kier molecular flexibility index (Phi) is 7.55. The molecule has 3 aromatic carbocycles. The van der Waals surface area contributed by atoms with Crippen LogP contribution in [0.4, 0.5) is 27.3 Å². The van der Waals surface area contributed by atoms with Crippen molar-refractivity contribution in [2.75, 3.05) is 54.0 Å². The van der Waals surface area contributed by atoms with Crippen LogP contribution in [-0.4, -0.2) is 59.6 Å². The molecule has 0 atom stereocenters. The van der Waals surface area contributed by atoms with Gasteiger partial charge in [0.1, 0.15) is 5.82 Å². The van der Waals surface area contributed by atoms with Gasteiger partial charge < -0.3 is 26.2 Å². The van der Waals surface area contributed by atoms with Crippen molar-refractivity contribution < 1.29 is 14.0 Å². The van der Waals surface area contributed by atoms with E-state index < -0.39 is 5.82 Å². The number of rotatable bonds is 7. The molecule has 1 aliphatic heterocycles. The number of amides is 2. The molecular formula is C29H30FN7O2. The normalized spacial score (nSPS) is 13.7. The zero-order chi connectivity index (χ0) is 27.4. The van der Waals surface area contributed by atoms with Gasteiger partial charge in [-0.1, -0.05) is 19.1 Å². The lowest BCUT2D eigenvalue weighted by Crippen LogP contribution is -2.46. The minimum Gasteiger partial charge on any atom is -0.397 e. The SMILES string of the molecule is CCN1CCN(c2ccc(C(=O)Nc3cc(-c4ccc(C(=O)Nc5ccc(F)cc5N)cc4)[nH]n3)cc2)CC1. The summed E-state index contributed by atoms with van der Waals surface area (Å²) in [6.07, 6.45) is 0. The number of hydrogen-bond acceptors (Lipinski definition) is 6. The summed E-state index contributed by atoms with van der Waals surface area (Å²) in [7, 11) is 0. The van der Waals surface area contributed by atoms with Crippen LogP contribution in [0.25, 0.3) is 11.3 Å². The highest BCUT2D eigenvalue weighted by Gasteiger charge is 2.17. The maximum atomic E-state index is 13.2. The Labute approximate surface area is 225 Å². The number of carbonyl (C=O) groups excluding carboxylic acids is 2. The average molecular weight is 528 g/mol. The first kappa shape index (κ1) is 25.9. The van der Waals surface area contributed by atoms with Crippen molar-refractivity contribution in [3.05, 3.63) is 89.7 Å². The van der Waals surface area contributed by atoms with E-state index in [0.717, 1.165) is 50.0 Å². The number of hydrogen-bond donors (Lipinski definition) is 4. The first-order chi connectivity index (χ1) is 18.9. The zero-order valence-electron chi connectivity index (χ0n) is 21.6. The summed E-state index contributed by atoms with van der Waals surface area (Å²) in [5, 5.41) is 12.6. The Hall–Kier alpha value is -4.70. The van der Waals surface area contributed by atoms with E-state index in [0.29, 0.717) is 28.3 Å². The van der Waals surface area contributed by atoms with Gasteiger partial charge in [-0.05, 0) is 66.7 Å². The average Bonchev–Trinajstić information content (AvgIpc) is 3.43. The van der Waals surface area contributed by atoms with Gasteiger partial charge in [0.2, 0.25) is 0 Å². The Balaban J connectivity index is 1.18. The lowest BCUT2D eigenvalue weighted by Gasteiger charge is -2.35. The number of nitrogen functional groups attached to an aromatic ring is 1. The molecule has 1 fully saturated rings. The molecule has 39 heavy (non-hydrogen) atoms. The van der Waals surface area contributed by atoms with Crippen LogP contribution in [0.15, 0.2) is 72.8 Å². The maximum absolute atomic E-state index is 13.2. The van der Waals surface area contributed by atoms with Crippen molar-refractivity contribution in [2.45, 2.75) is 6.92 Å². The zero-order valence-corrected chi connectivity index (χ0v) is 21.6. The number of carbonyl (C=O) groups is 2. The Bertz CT molecular complexity index is 1460. The highest BCUT2D eigenvalue weighted by Crippen LogP contribution is 2.23. The number of nitrogens with zero attached hydrogens (tertiary/aromatic N) is 3. The molecule has 5 N–H and O–H groups in total. The fourth-order valence-corrected chi connectivity index (χ4v) is 4.51. The van der Waals surface area contributed by atoms with Crippen molar-refractivity contribution in [1.82, 2.24) is 15.1 Å².